The molecule has 0 fully saturated rings. The summed E-state index contributed by atoms with van der Waals surface area (Å²) < 4.78 is 5.85. The van der Waals surface area contributed by atoms with Gasteiger partial charge >= 0.3 is 0 Å². The van der Waals surface area contributed by atoms with Crippen LogP contribution in [0.5, 0.6) is 0 Å². The minimum absolute atomic E-state index is 0.803. The lowest BCUT2D eigenvalue weighted by Crippen LogP contribution is -1.78. The van der Waals surface area contributed by atoms with E-state index in [-0.39, 0.29) is 0 Å². The van der Waals surface area contributed by atoms with E-state index in [1.165, 1.54) is 11.5 Å². The van der Waals surface area contributed by atoms with Gasteiger partial charge in [-0.15, -0.1) is 0 Å². The molecule has 0 aliphatic heterocycles. The van der Waals surface area contributed by atoms with Crippen LogP contribution >= 0.6 is 11.5 Å². The van der Waals surface area contributed by atoms with E-state index in [2.05, 4.69) is 4.37 Å². The summed E-state index contributed by atoms with van der Waals surface area (Å²) in [5, 5.41) is 0. The molecule has 0 spiro atoms. The minimum atomic E-state index is 0.803. The predicted molar refractivity (Wildman–Crippen MR) is 37.5 cm³/mol. The molecule has 0 aromatic carbocycles. The maximum absolute atomic E-state index is 5.57. The zero-order chi connectivity index (χ0) is 6.27. The summed E-state index contributed by atoms with van der Waals surface area (Å²) in [6.45, 7) is 0. The molecule has 2 aromatic heterocycles. The van der Waals surface area contributed by atoms with E-state index in [1.54, 1.807) is 6.33 Å². The van der Waals surface area contributed by atoms with Gasteiger partial charge in [-0.1, -0.05) is 0 Å². The van der Waals surface area contributed by atoms with Gasteiger partial charge in [0.2, 0.25) is 0 Å². The molecule has 2 rings (SSSR count). The van der Waals surface area contributed by atoms with E-state index in [4.69, 9.17) is 5.73 Å². The number of anilines is 1. The molecule has 0 radical (unpaired) electrons. The van der Waals surface area contributed by atoms with Crippen molar-refractivity contribution in [2.75, 3.05) is 5.73 Å². The van der Waals surface area contributed by atoms with Crippen LogP contribution in [0, 0.1) is 0 Å². The molecular weight excluding hydrogens is 134 g/mol. The maximum atomic E-state index is 5.57. The van der Waals surface area contributed by atoms with Gasteiger partial charge in [0.05, 0.1) is 5.69 Å². The van der Waals surface area contributed by atoms with E-state index in [9.17, 15) is 0 Å². The molecule has 0 unspecified atom stereocenters. The average Bonchev–Trinajstić information content (AvgIpc) is 2.35. The third-order valence-corrected chi connectivity index (χ3v) is 2.03. The van der Waals surface area contributed by atoms with Gasteiger partial charge in [0.1, 0.15) is 11.2 Å². The smallest absolute Gasteiger partial charge is 0.143 e. The number of nitrogens with zero attached hydrogens (tertiary/aromatic N) is 2. The van der Waals surface area contributed by atoms with Gasteiger partial charge in [-0.3, -0.25) is 4.40 Å². The van der Waals surface area contributed by atoms with Gasteiger partial charge in [-0.25, -0.2) is 0 Å². The Labute approximate surface area is 55.9 Å². The molecular formula is C5H5N3S. The SMILES string of the molecule is Nc1ccn2cnsc12. The molecule has 0 saturated carbocycles. The van der Waals surface area contributed by atoms with Crippen molar-refractivity contribution >= 4 is 22.1 Å². The van der Waals surface area contributed by atoms with Crippen molar-refractivity contribution < 1.29 is 0 Å². The Bertz CT molecular complexity index is 321. The fourth-order valence-electron chi connectivity index (χ4n) is 0.764. The highest BCUT2D eigenvalue weighted by Crippen LogP contribution is 2.17. The second-order valence-corrected chi connectivity index (χ2v) is 2.58. The first-order valence-corrected chi connectivity index (χ1v) is 3.32. The molecule has 2 N–H and O–H groups in total. The minimum Gasteiger partial charge on any atom is -0.396 e. The van der Waals surface area contributed by atoms with Gasteiger partial charge in [0.25, 0.3) is 0 Å². The fraction of sp³-hybridized carbons (Fsp3) is 0. The van der Waals surface area contributed by atoms with Gasteiger partial charge < -0.3 is 5.73 Å². The third kappa shape index (κ3) is 0.533. The zero-order valence-electron chi connectivity index (χ0n) is 4.61. The van der Waals surface area contributed by atoms with Crippen LogP contribution in [0.4, 0.5) is 5.69 Å². The normalized spacial score (nSPS) is 10.7. The topological polar surface area (TPSA) is 43.3 Å². The summed E-state index contributed by atoms with van der Waals surface area (Å²) in [6, 6.07) is 1.87. The van der Waals surface area contributed by atoms with Crippen molar-refractivity contribution in [2.24, 2.45) is 0 Å². The van der Waals surface area contributed by atoms with Gasteiger partial charge in [0.15, 0.2) is 0 Å². The molecule has 0 saturated heterocycles. The van der Waals surface area contributed by atoms with Crippen molar-refractivity contribution in [2.45, 2.75) is 0 Å². The van der Waals surface area contributed by atoms with Crippen molar-refractivity contribution in [3.05, 3.63) is 18.6 Å². The lowest BCUT2D eigenvalue weighted by Gasteiger charge is -1.78. The number of nitrogens with two attached hydrogens (primary N) is 1. The first kappa shape index (κ1) is 4.81. The lowest BCUT2D eigenvalue weighted by atomic mass is 10.6. The van der Waals surface area contributed by atoms with Crippen LogP contribution in [0.3, 0.4) is 0 Å². The number of aromatic nitrogens is 2. The van der Waals surface area contributed by atoms with Crippen LogP contribution in [0.2, 0.25) is 0 Å². The Morgan fingerprint density at radius 3 is 3.33 bits per heavy atom. The standard InChI is InChI=1S/C5H5N3S/c6-4-1-2-8-3-7-9-5(4)8/h1-3H,6H2. The molecule has 46 valence electrons. The summed E-state index contributed by atoms with van der Waals surface area (Å²) >= 11 is 1.41. The van der Waals surface area contributed by atoms with E-state index >= 15 is 0 Å². The highest BCUT2D eigenvalue weighted by atomic mass is 32.1. The van der Waals surface area contributed by atoms with Crippen LogP contribution in [0.1, 0.15) is 0 Å². The molecule has 0 bridgehead atoms. The molecule has 0 aliphatic carbocycles. The molecule has 0 amide bonds. The van der Waals surface area contributed by atoms with E-state index in [0.29, 0.717) is 0 Å². The Morgan fingerprint density at radius 1 is 1.67 bits per heavy atom. The summed E-state index contributed by atoms with van der Waals surface area (Å²) in [4.78, 5) is 1.02. The second-order valence-electron chi connectivity index (χ2n) is 1.80. The van der Waals surface area contributed by atoms with Crippen molar-refractivity contribution in [3.63, 3.8) is 0 Å². The van der Waals surface area contributed by atoms with E-state index < -0.39 is 0 Å². The largest absolute Gasteiger partial charge is 0.396 e. The van der Waals surface area contributed by atoms with E-state index in [0.717, 1.165) is 10.5 Å². The summed E-state index contributed by atoms with van der Waals surface area (Å²) in [5.74, 6) is 0. The van der Waals surface area contributed by atoms with Crippen LogP contribution in [-0.2, 0) is 0 Å². The van der Waals surface area contributed by atoms with Crippen molar-refractivity contribution in [3.8, 4) is 0 Å². The third-order valence-electron chi connectivity index (χ3n) is 1.21. The number of rotatable bonds is 0. The molecule has 2 aromatic rings. The average molecular weight is 139 g/mol. The molecule has 4 heteroatoms. The quantitative estimate of drug-likeness (QED) is 0.591. The summed E-state index contributed by atoms with van der Waals surface area (Å²) in [7, 11) is 0. The Balaban J connectivity index is 2.99. The molecule has 9 heavy (non-hydrogen) atoms. The van der Waals surface area contributed by atoms with Crippen LogP contribution in [-0.4, -0.2) is 8.77 Å². The number of fused-ring (bicyclic) bond motifs is 1. The number of hydrogen-bond donors (Lipinski definition) is 1. The van der Waals surface area contributed by atoms with Crippen molar-refractivity contribution in [1.29, 1.82) is 0 Å². The fourth-order valence-corrected chi connectivity index (χ4v) is 1.39. The number of hydrogen-bond acceptors (Lipinski definition) is 3. The molecule has 2 heterocycles. The molecule has 3 nitrogen and oxygen atoms in total. The van der Waals surface area contributed by atoms with Gasteiger partial charge in [-0.2, -0.15) is 4.37 Å². The van der Waals surface area contributed by atoms with Crippen LogP contribution in [0.25, 0.3) is 4.83 Å². The van der Waals surface area contributed by atoms with Crippen LogP contribution < -0.4 is 5.73 Å². The predicted octanol–water partition coefficient (Wildman–Crippen LogP) is 0.978. The summed E-state index contributed by atoms with van der Waals surface area (Å²) in [6.07, 6.45) is 3.64. The lowest BCUT2D eigenvalue weighted by molar-refractivity contribution is 1.18. The number of nitrogen functional groups attached to an aromatic ring is 1. The van der Waals surface area contributed by atoms with E-state index in [1.807, 2.05) is 16.7 Å². The first-order valence-electron chi connectivity index (χ1n) is 2.55. The van der Waals surface area contributed by atoms with Crippen molar-refractivity contribution in [1.82, 2.24) is 8.77 Å². The van der Waals surface area contributed by atoms with Gasteiger partial charge in [0, 0.05) is 6.20 Å². The van der Waals surface area contributed by atoms with Gasteiger partial charge in [-0.05, 0) is 17.6 Å². The highest BCUT2D eigenvalue weighted by molar-refractivity contribution is 7.12. The maximum Gasteiger partial charge on any atom is 0.143 e. The van der Waals surface area contributed by atoms with Crippen LogP contribution in [0.15, 0.2) is 18.6 Å². The first-order chi connectivity index (χ1) is 4.38. The molecule has 0 atom stereocenters. The monoisotopic (exact) mass is 139 g/mol. The molecule has 0 aliphatic rings. The Hall–Kier alpha value is -1.03. The zero-order valence-corrected chi connectivity index (χ0v) is 5.43. The Kier molecular flexibility index (Phi) is 0.790. The second kappa shape index (κ2) is 1.48. The summed E-state index contributed by atoms with van der Waals surface area (Å²) in [5.41, 5.74) is 6.37. The highest BCUT2D eigenvalue weighted by Gasteiger charge is 1.97. The Morgan fingerprint density at radius 2 is 2.56 bits per heavy atom.